The summed E-state index contributed by atoms with van der Waals surface area (Å²) in [6.07, 6.45) is 1.60. The van der Waals surface area contributed by atoms with Crippen molar-refractivity contribution in [3.05, 3.63) is 29.8 Å². The summed E-state index contributed by atoms with van der Waals surface area (Å²) in [6.45, 7) is 8.56. The number of piperidine rings is 1. The lowest BCUT2D eigenvalue weighted by Crippen LogP contribution is -2.52. The third-order valence-corrected chi connectivity index (χ3v) is 5.37. The van der Waals surface area contributed by atoms with Crippen LogP contribution in [0.15, 0.2) is 24.3 Å². The number of hydrogen-bond donors (Lipinski definition) is 0. The Morgan fingerprint density at radius 3 is 2.33 bits per heavy atom. The number of carbonyl (C=O) groups is 2. The van der Waals surface area contributed by atoms with Gasteiger partial charge in [-0.3, -0.25) is 9.59 Å². The van der Waals surface area contributed by atoms with Gasteiger partial charge in [0, 0.05) is 32.1 Å². The Morgan fingerprint density at radius 2 is 1.70 bits per heavy atom. The van der Waals surface area contributed by atoms with Crippen molar-refractivity contribution in [1.82, 2.24) is 9.80 Å². The lowest BCUT2D eigenvalue weighted by molar-refractivity contribution is -0.150. The minimum Gasteiger partial charge on any atom is -0.484 e. The van der Waals surface area contributed by atoms with Gasteiger partial charge in [-0.05, 0) is 45.2 Å². The molecule has 2 aliphatic heterocycles. The van der Waals surface area contributed by atoms with Crippen molar-refractivity contribution in [1.29, 1.82) is 0 Å². The first kappa shape index (κ1) is 19.7. The van der Waals surface area contributed by atoms with E-state index in [0.717, 1.165) is 24.2 Å². The highest BCUT2D eigenvalue weighted by molar-refractivity contribution is 5.81. The molecule has 148 valence electrons. The van der Waals surface area contributed by atoms with E-state index >= 15 is 0 Å². The second-order valence-electron chi connectivity index (χ2n) is 7.71. The van der Waals surface area contributed by atoms with Gasteiger partial charge >= 0.3 is 0 Å². The van der Waals surface area contributed by atoms with Crippen LogP contribution < -0.4 is 4.74 Å². The van der Waals surface area contributed by atoms with E-state index < -0.39 is 0 Å². The summed E-state index contributed by atoms with van der Waals surface area (Å²) in [5.41, 5.74) is 1.02. The van der Waals surface area contributed by atoms with E-state index in [1.54, 1.807) is 0 Å². The molecule has 0 radical (unpaired) electrons. The molecule has 1 aromatic carbocycles. The van der Waals surface area contributed by atoms with Crippen molar-refractivity contribution in [2.75, 3.05) is 32.8 Å². The van der Waals surface area contributed by atoms with Crippen LogP contribution in [0.1, 0.15) is 32.3 Å². The molecule has 0 unspecified atom stereocenters. The Balaban J connectivity index is 1.46. The van der Waals surface area contributed by atoms with Crippen molar-refractivity contribution in [3.8, 4) is 5.75 Å². The van der Waals surface area contributed by atoms with E-state index in [-0.39, 0.29) is 36.5 Å². The van der Waals surface area contributed by atoms with E-state index in [1.165, 1.54) is 0 Å². The first-order chi connectivity index (χ1) is 12.9. The summed E-state index contributed by atoms with van der Waals surface area (Å²) in [4.78, 5) is 29.0. The third-order valence-electron chi connectivity index (χ3n) is 5.37. The van der Waals surface area contributed by atoms with Crippen LogP contribution in [-0.4, -0.2) is 66.6 Å². The molecule has 6 heteroatoms. The second-order valence-corrected chi connectivity index (χ2v) is 7.71. The van der Waals surface area contributed by atoms with Crippen LogP contribution in [0, 0.1) is 12.8 Å². The van der Waals surface area contributed by atoms with Gasteiger partial charge in [-0.25, -0.2) is 0 Å². The Morgan fingerprint density at radius 1 is 1.07 bits per heavy atom. The first-order valence-corrected chi connectivity index (χ1v) is 9.84. The van der Waals surface area contributed by atoms with Gasteiger partial charge in [-0.15, -0.1) is 0 Å². The van der Waals surface area contributed by atoms with Gasteiger partial charge in [0.2, 0.25) is 5.91 Å². The average molecular weight is 374 g/mol. The lowest BCUT2D eigenvalue weighted by atomic mass is 9.94. The van der Waals surface area contributed by atoms with Gasteiger partial charge in [0.25, 0.3) is 5.91 Å². The number of nitrogens with zero attached hydrogens (tertiary/aromatic N) is 2. The quantitative estimate of drug-likeness (QED) is 0.811. The summed E-state index contributed by atoms with van der Waals surface area (Å²) in [7, 11) is 0. The highest BCUT2D eigenvalue weighted by atomic mass is 16.5. The molecule has 0 aliphatic carbocycles. The van der Waals surface area contributed by atoms with Crippen molar-refractivity contribution >= 4 is 11.8 Å². The summed E-state index contributed by atoms with van der Waals surface area (Å²) < 4.78 is 11.4. The minimum atomic E-state index is -0.0160. The van der Waals surface area contributed by atoms with Crippen molar-refractivity contribution in [3.63, 3.8) is 0 Å². The second kappa shape index (κ2) is 8.74. The van der Waals surface area contributed by atoms with Crippen LogP contribution in [0.5, 0.6) is 5.75 Å². The zero-order valence-corrected chi connectivity index (χ0v) is 16.5. The molecular weight excluding hydrogens is 344 g/mol. The molecule has 0 aromatic heterocycles. The summed E-state index contributed by atoms with van der Waals surface area (Å²) in [5, 5.41) is 0. The average Bonchev–Trinajstić information content (AvgIpc) is 2.66. The zero-order valence-electron chi connectivity index (χ0n) is 16.5. The maximum absolute atomic E-state index is 12.8. The van der Waals surface area contributed by atoms with Gasteiger partial charge in [0.1, 0.15) is 5.75 Å². The number of carbonyl (C=O) groups excluding carboxylic acids is 2. The van der Waals surface area contributed by atoms with Gasteiger partial charge in [0.05, 0.1) is 12.2 Å². The number of likely N-dealkylation sites (tertiary alicyclic amines) is 1. The number of aryl methyl sites for hydroxylation is 1. The summed E-state index contributed by atoms with van der Waals surface area (Å²) in [5.74, 6) is 0.938. The van der Waals surface area contributed by atoms with Crippen molar-refractivity contribution in [2.45, 2.75) is 45.8 Å². The Bertz CT molecular complexity index is 660. The molecule has 2 heterocycles. The normalized spacial score (nSPS) is 24.0. The highest BCUT2D eigenvalue weighted by Gasteiger charge is 2.33. The lowest BCUT2D eigenvalue weighted by Gasteiger charge is -2.39. The number of hydrogen-bond acceptors (Lipinski definition) is 4. The van der Waals surface area contributed by atoms with Crippen LogP contribution in [0.2, 0.25) is 0 Å². The maximum Gasteiger partial charge on any atom is 0.260 e. The van der Waals surface area contributed by atoms with E-state index in [1.807, 2.05) is 54.8 Å². The third kappa shape index (κ3) is 5.01. The monoisotopic (exact) mass is 374 g/mol. The smallest absolute Gasteiger partial charge is 0.260 e. The molecule has 27 heavy (non-hydrogen) atoms. The molecule has 0 saturated carbocycles. The van der Waals surface area contributed by atoms with E-state index in [0.29, 0.717) is 26.2 Å². The molecule has 6 nitrogen and oxygen atoms in total. The number of benzene rings is 1. The molecule has 0 spiro atoms. The van der Waals surface area contributed by atoms with Gasteiger partial charge < -0.3 is 19.3 Å². The predicted octanol–water partition coefficient (Wildman–Crippen LogP) is 2.25. The fraction of sp³-hybridized carbons (Fsp3) is 0.619. The zero-order chi connectivity index (χ0) is 19.4. The fourth-order valence-corrected chi connectivity index (χ4v) is 3.94. The number of para-hydroxylation sites is 1. The fourth-order valence-electron chi connectivity index (χ4n) is 3.94. The van der Waals surface area contributed by atoms with Crippen molar-refractivity contribution < 1.29 is 19.1 Å². The topological polar surface area (TPSA) is 59.1 Å². The minimum absolute atomic E-state index is 0.00355. The molecule has 0 bridgehead atoms. The van der Waals surface area contributed by atoms with Crippen LogP contribution in [0.25, 0.3) is 0 Å². The number of amides is 2. The standard InChI is InChI=1S/C21H30N2O4/c1-15-6-4-5-7-19(15)26-14-20(24)22-10-8-18(9-11-22)21(25)23-12-16(2)27-17(3)13-23/h4-7,16-18H,8-14H2,1-3H3/t16-,17-/m1/s1. The molecule has 1 aromatic rings. The van der Waals surface area contributed by atoms with Crippen molar-refractivity contribution in [2.24, 2.45) is 5.92 Å². The number of ether oxygens (including phenoxy) is 2. The molecular formula is C21H30N2O4. The number of rotatable bonds is 4. The Kier molecular flexibility index (Phi) is 6.37. The van der Waals surface area contributed by atoms with Gasteiger partial charge in [-0.1, -0.05) is 18.2 Å². The molecule has 2 fully saturated rings. The largest absolute Gasteiger partial charge is 0.484 e. The first-order valence-electron chi connectivity index (χ1n) is 9.84. The van der Waals surface area contributed by atoms with E-state index in [4.69, 9.17) is 9.47 Å². The van der Waals surface area contributed by atoms with Gasteiger partial charge in [-0.2, -0.15) is 0 Å². The summed E-state index contributed by atoms with van der Waals surface area (Å²) in [6, 6.07) is 7.68. The summed E-state index contributed by atoms with van der Waals surface area (Å²) >= 11 is 0. The predicted molar refractivity (Wildman–Crippen MR) is 103 cm³/mol. The Labute approximate surface area is 161 Å². The SMILES string of the molecule is Cc1ccccc1OCC(=O)N1CCC(C(=O)N2C[C@@H](C)O[C@H](C)C2)CC1. The van der Waals surface area contributed by atoms with E-state index in [2.05, 4.69) is 0 Å². The molecule has 2 atom stereocenters. The van der Waals surface area contributed by atoms with Crippen LogP contribution in [-0.2, 0) is 14.3 Å². The molecule has 2 aliphatic rings. The number of morpholine rings is 1. The van der Waals surface area contributed by atoms with Crippen LogP contribution in [0.3, 0.4) is 0 Å². The van der Waals surface area contributed by atoms with Crippen LogP contribution >= 0.6 is 0 Å². The molecule has 3 rings (SSSR count). The molecule has 0 N–H and O–H groups in total. The van der Waals surface area contributed by atoms with E-state index in [9.17, 15) is 9.59 Å². The molecule has 2 saturated heterocycles. The Hall–Kier alpha value is -2.08. The van der Waals surface area contributed by atoms with Crippen LogP contribution in [0.4, 0.5) is 0 Å². The highest BCUT2D eigenvalue weighted by Crippen LogP contribution is 2.23. The maximum atomic E-state index is 12.8. The molecule has 2 amide bonds. The van der Waals surface area contributed by atoms with Gasteiger partial charge in [0.15, 0.2) is 6.61 Å².